The molecule has 3 atom stereocenters. The first-order valence-electron chi connectivity index (χ1n) is 8.76. The molecule has 0 spiro atoms. The highest BCUT2D eigenvalue weighted by molar-refractivity contribution is 9.10. The van der Waals surface area contributed by atoms with Crippen molar-refractivity contribution in [2.24, 2.45) is 5.92 Å². The summed E-state index contributed by atoms with van der Waals surface area (Å²) in [6, 6.07) is 9.97. The molecule has 2 aromatic rings. The third-order valence-electron chi connectivity index (χ3n) is 3.97. The van der Waals surface area contributed by atoms with Crippen molar-refractivity contribution in [2.75, 3.05) is 0 Å². The molecule has 0 radical (unpaired) electrons. The zero-order chi connectivity index (χ0) is 23.7. The van der Waals surface area contributed by atoms with E-state index in [1.54, 1.807) is 0 Å². The predicted octanol–water partition coefficient (Wildman–Crippen LogP) is 4.74. The van der Waals surface area contributed by atoms with Gasteiger partial charge in [-0.15, -0.1) is 0 Å². The highest BCUT2D eigenvalue weighted by atomic mass is 79.9. The molecule has 2 aromatic carbocycles. The summed E-state index contributed by atoms with van der Waals surface area (Å²) in [5.41, 5.74) is 0.580. The van der Waals surface area contributed by atoms with Gasteiger partial charge in [-0.25, -0.2) is 8.78 Å². The monoisotopic (exact) mass is 562 g/mol. The maximum absolute atomic E-state index is 12.6. The summed E-state index contributed by atoms with van der Waals surface area (Å²) in [4.78, 5) is 42.8. The molecule has 31 heavy (non-hydrogen) atoms. The lowest BCUT2D eigenvalue weighted by molar-refractivity contribution is -0.141. The van der Waals surface area contributed by atoms with Crippen molar-refractivity contribution >= 4 is 55.4 Å². The molecule has 0 bridgehead atoms. The van der Waals surface area contributed by atoms with E-state index in [0.29, 0.717) is 5.56 Å². The predicted molar refractivity (Wildman–Crippen MR) is 116 cm³/mol. The van der Waals surface area contributed by atoms with Gasteiger partial charge in [0.1, 0.15) is 11.6 Å². The van der Waals surface area contributed by atoms with Crippen molar-refractivity contribution in [3.63, 3.8) is 0 Å². The SMILES string of the molecule is CC(C(=O)O)C(Br)C(=O)c1ccc(F)cc1.O=C(O)CC(Br)C(=O)c1ccc(F)cc1. The van der Waals surface area contributed by atoms with Crippen LogP contribution in [0.2, 0.25) is 0 Å². The van der Waals surface area contributed by atoms with E-state index in [0.717, 1.165) is 12.1 Å². The molecule has 2 N–H and O–H groups in total. The Bertz CT molecular complexity index is 932. The molecule has 166 valence electrons. The Kier molecular flexibility index (Phi) is 10.6. The van der Waals surface area contributed by atoms with E-state index in [9.17, 15) is 28.0 Å². The first-order valence-corrected chi connectivity index (χ1v) is 10.6. The molecule has 0 fully saturated rings. The summed E-state index contributed by atoms with van der Waals surface area (Å²) in [6.07, 6.45) is -0.295. The van der Waals surface area contributed by atoms with Crippen molar-refractivity contribution in [1.29, 1.82) is 0 Å². The summed E-state index contributed by atoms with van der Waals surface area (Å²) in [5.74, 6) is -4.56. The van der Waals surface area contributed by atoms with Crippen molar-refractivity contribution < 1.29 is 38.2 Å². The molecular weight excluding hydrogens is 546 g/mol. The Balaban J connectivity index is 0.000000311. The van der Waals surface area contributed by atoms with Gasteiger partial charge in [0.25, 0.3) is 0 Å². The van der Waals surface area contributed by atoms with Gasteiger partial charge in [-0.05, 0) is 48.5 Å². The number of rotatable bonds is 8. The lowest BCUT2D eigenvalue weighted by atomic mass is 10.00. The second-order valence-corrected chi connectivity index (χ2v) is 8.43. The smallest absolute Gasteiger partial charge is 0.307 e. The van der Waals surface area contributed by atoms with Gasteiger partial charge in [-0.2, -0.15) is 0 Å². The van der Waals surface area contributed by atoms with Crippen LogP contribution in [0.5, 0.6) is 0 Å². The molecule has 2 rings (SSSR count). The molecule has 6 nitrogen and oxygen atoms in total. The maximum atomic E-state index is 12.6. The number of aliphatic carboxylic acids is 2. The minimum absolute atomic E-state index is 0.288. The van der Waals surface area contributed by atoms with Crippen LogP contribution in [-0.2, 0) is 9.59 Å². The average Bonchev–Trinajstić information content (AvgIpc) is 2.72. The summed E-state index contributed by atoms with van der Waals surface area (Å²) in [5, 5.41) is 17.2. The van der Waals surface area contributed by atoms with Crippen molar-refractivity contribution in [3.8, 4) is 0 Å². The highest BCUT2D eigenvalue weighted by Crippen LogP contribution is 2.19. The number of carbonyl (C=O) groups is 4. The van der Waals surface area contributed by atoms with Gasteiger partial charge in [-0.1, -0.05) is 38.8 Å². The van der Waals surface area contributed by atoms with E-state index in [1.807, 2.05) is 0 Å². The van der Waals surface area contributed by atoms with Gasteiger partial charge < -0.3 is 10.2 Å². The average molecular weight is 564 g/mol. The molecule has 3 unspecified atom stereocenters. The van der Waals surface area contributed by atoms with Gasteiger partial charge in [0.05, 0.1) is 22.0 Å². The zero-order valence-corrected chi connectivity index (χ0v) is 19.3. The minimum Gasteiger partial charge on any atom is -0.481 e. The van der Waals surface area contributed by atoms with Crippen LogP contribution in [0.3, 0.4) is 0 Å². The number of alkyl halides is 2. The first-order chi connectivity index (χ1) is 14.4. The van der Waals surface area contributed by atoms with Crippen molar-refractivity contribution in [2.45, 2.75) is 23.0 Å². The summed E-state index contributed by atoms with van der Waals surface area (Å²) in [6.45, 7) is 1.43. The van der Waals surface area contributed by atoms with Crippen LogP contribution < -0.4 is 0 Å². The number of carboxylic acid groups (broad SMARTS) is 2. The van der Waals surface area contributed by atoms with Crippen LogP contribution in [0.1, 0.15) is 34.1 Å². The number of ketones is 2. The largest absolute Gasteiger partial charge is 0.481 e. The fourth-order valence-corrected chi connectivity index (χ4v) is 3.20. The Morgan fingerprint density at radius 1 is 0.806 bits per heavy atom. The van der Waals surface area contributed by atoms with Gasteiger partial charge >= 0.3 is 11.9 Å². The highest BCUT2D eigenvalue weighted by Gasteiger charge is 2.28. The lowest BCUT2D eigenvalue weighted by Gasteiger charge is -2.12. The summed E-state index contributed by atoms with van der Waals surface area (Å²) in [7, 11) is 0. The molecule has 0 saturated heterocycles. The normalized spacial score (nSPS) is 13.2. The van der Waals surface area contributed by atoms with E-state index in [2.05, 4.69) is 31.9 Å². The Labute approximate surface area is 193 Å². The van der Waals surface area contributed by atoms with Crippen molar-refractivity contribution in [3.05, 3.63) is 71.3 Å². The van der Waals surface area contributed by atoms with E-state index < -0.39 is 39.1 Å². The zero-order valence-electron chi connectivity index (χ0n) is 16.1. The van der Waals surface area contributed by atoms with E-state index in [4.69, 9.17) is 10.2 Å². The molecule has 0 aliphatic carbocycles. The molecule has 0 saturated carbocycles. The number of carbonyl (C=O) groups excluding carboxylic acids is 2. The molecule has 0 aliphatic rings. The van der Waals surface area contributed by atoms with Crippen LogP contribution in [0.4, 0.5) is 8.78 Å². The first kappa shape index (κ1) is 26.6. The van der Waals surface area contributed by atoms with E-state index in [-0.39, 0.29) is 23.6 Å². The number of carboxylic acids is 2. The fraction of sp³-hybridized carbons (Fsp3) is 0.238. The molecule has 0 aliphatic heterocycles. The van der Waals surface area contributed by atoms with Gasteiger partial charge in [-0.3, -0.25) is 19.2 Å². The van der Waals surface area contributed by atoms with Gasteiger partial charge in [0.15, 0.2) is 11.6 Å². The number of benzene rings is 2. The number of hydrogen-bond acceptors (Lipinski definition) is 4. The molecule has 0 amide bonds. The Morgan fingerprint density at radius 2 is 1.19 bits per heavy atom. The third kappa shape index (κ3) is 8.66. The number of halogens is 4. The van der Waals surface area contributed by atoms with Crippen LogP contribution in [0.25, 0.3) is 0 Å². The molecule has 0 aromatic heterocycles. The Hall–Kier alpha value is -2.46. The second-order valence-electron chi connectivity index (χ2n) is 6.34. The van der Waals surface area contributed by atoms with Crippen LogP contribution in [0, 0.1) is 17.6 Å². The molecule has 10 heteroatoms. The fourth-order valence-electron chi connectivity index (χ4n) is 2.17. The minimum atomic E-state index is -1.06. The van der Waals surface area contributed by atoms with Crippen LogP contribution in [-0.4, -0.2) is 43.4 Å². The topological polar surface area (TPSA) is 109 Å². The summed E-state index contributed by atoms with van der Waals surface area (Å²) < 4.78 is 25.2. The number of hydrogen-bond donors (Lipinski definition) is 2. The second kappa shape index (κ2) is 12.4. The number of Topliss-reactive ketones (excluding diaryl/α,β-unsaturated/α-hetero) is 2. The van der Waals surface area contributed by atoms with Crippen LogP contribution in [0.15, 0.2) is 48.5 Å². The van der Waals surface area contributed by atoms with Crippen LogP contribution >= 0.6 is 31.9 Å². The molecular formula is C21H18Br2F2O6. The summed E-state index contributed by atoms with van der Waals surface area (Å²) >= 11 is 6.02. The van der Waals surface area contributed by atoms with Gasteiger partial charge in [0.2, 0.25) is 0 Å². The molecule has 0 heterocycles. The standard InChI is InChI=1S/C11H10BrFO3.C10H8BrFO3/c1-6(11(15)16)9(12)10(14)7-2-4-8(13)5-3-7;11-8(5-9(13)14)10(15)6-1-3-7(12)4-2-6/h2-6,9H,1H3,(H,15,16);1-4,8H,5H2,(H,13,14). The Morgan fingerprint density at radius 3 is 1.55 bits per heavy atom. The third-order valence-corrected chi connectivity index (χ3v) is 5.92. The lowest BCUT2D eigenvalue weighted by Crippen LogP contribution is -2.28. The van der Waals surface area contributed by atoms with Crippen molar-refractivity contribution in [1.82, 2.24) is 0 Å². The van der Waals surface area contributed by atoms with Gasteiger partial charge in [0, 0.05) is 11.1 Å². The van der Waals surface area contributed by atoms with E-state index in [1.165, 1.54) is 43.3 Å². The van der Waals surface area contributed by atoms with E-state index >= 15 is 0 Å². The maximum Gasteiger partial charge on any atom is 0.307 e. The quantitative estimate of drug-likeness (QED) is 0.355.